The second kappa shape index (κ2) is 5.93. The van der Waals surface area contributed by atoms with Gasteiger partial charge in [-0.1, -0.05) is 17.7 Å². The molecule has 2 heterocycles. The first-order chi connectivity index (χ1) is 10.4. The van der Waals surface area contributed by atoms with Gasteiger partial charge in [-0.15, -0.1) is 0 Å². The molecule has 0 radical (unpaired) electrons. The first-order valence-electron chi connectivity index (χ1n) is 7.14. The predicted octanol–water partition coefficient (Wildman–Crippen LogP) is 1.85. The van der Waals surface area contributed by atoms with Crippen LogP contribution in [0.2, 0.25) is 5.02 Å². The third-order valence-corrected chi connectivity index (χ3v) is 6.04. The van der Waals surface area contributed by atoms with Crippen LogP contribution in [0.4, 0.5) is 0 Å². The summed E-state index contributed by atoms with van der Waals surface area (Å²) in [6, 6.07) is 7.49. The molecule has 1 amide bonds. The van der Waals surface area contributed by atoms with Crippen LogP contribution in [-0.4, -0.2) is 36.9 Å². The molecule has 1 aromatic heterocycles. The highest BCUT2D eigenvalue weighted by molar-refractivity contribution is 7.91. The lowest BCUT2D eigenvalue weighted by atomic mass is 10.1. The van der Waals surface area contributed by atoms with Crippen LogP contribution in [0.1, 0.15) is 6.42 Å². The quantitative estimate of drug-likeness (QED) is 0.923. The van der Waals surface area contributed by atoms with Crippen molar-refractivity contribution in [1.82, 2.24) is 9.88 Å². The van der Waals surface area contributed by atoms with Crippen molar-refractivity contribution in [3.63, 3.8) is 0 Å². The van der Waals surface area contributed by atoms with E-state index < -0.39 is 9.84 Å². The summed E-state index contributed by atoms with van der Waals surface area (Å²) >= 11 is 5.99. The normalized spacial score (nSPS) is 20.3. The molecule has 0 bridgehead atoms. The molecule has 1 fully saturated rings. The Labute approximate surface area is 134 Å². The smallest absolute Gasteiger partial charge is 0.239 e. The standard InChI is InChI=1S/C15H17ClN2O3S/c16-13-2-1-12-3-5-18(14(12)7-13)9-15(19)17-8-11-4-6-22(20,21)10-11/h1-3,5,7,11H,4,6,8-10H2,(H,17,19). The summed E-state index contributed by atoms with van der Waals surface area (Å²) in [6.07, 6.45) is 2.48. The molecule has 1 unspecified atom stereocenters. The molecule has 0 aliphatic carbocycles. The lowest BCUT2D eigenvalue weighted by molar-refractivity contribution is -0.121. The Morgan fingerprint density at radius 1 is 1.36 bits per heavy atom. The average molecular weight is 341 g/mol. The number of hydrogen-bond acceptors (Lipinski definition) is 3. The molecule has 0 spiro atoms. The van der Waals surface area contributed by atoms with E-state index in [9.17, 15) is 13.2 Å². The minimum atomic E-state index is -2.90. The van der Waals surface area contributed by atoms with Crippen molar-refractivity contribution in [2.45, 2.75) is 13.0 Å². The molecule has 1 atom stereocenters. The molecule has 1 N–H and O–H groups in total. The van der Waals surface area contributed by atoms with Crippen LogP contribution in [0.15, 0.2) is 30.5 Å². The minimum Gasteiger partial charge on any atom is -0.354 e. The maximum absolute atomic E-state index is 12.0. The molecule has 2 aromatic rings. The van der Waals surface area contributed by atoms with Gasteiger partial charge in [-0.25, -0.2) is 8.42 Å². The van der Waals surface area contributed by atoms with Gasteiger partial charge in [0.25, 0.3) is 0 Å². The highest BCUT2D eigenvalue weighted by Crippen LogP contribution is 2.20. The average Bonchev–Trinajstić information content (AvgIpc) is 3.00. The number of benzene rings is 1. The summed E-state index contributed by atoms with van der Waals surface area (Å²) < 4.78 is 24.6. The van der Waals surface area contributed by atoms with Crippen LogP contribution in [0, 0.1) is 5.92 Å². The van der Waals surface area contributed by atoms with Gasteiger partial charge in [0, 0.05) is 23.3 Å². The number of carbonyl (C=O) groups excluding carboxylic acids is 1. The highest BCUT2D eigenvalue weighted by atomic mass is 35.5. The molecule has 1 aliphatic heterocycles. The van der Waals surface area contributed by atoms with Gasteiger partial charge < -0.3 is 9.88 Å². The first kappa shape index (κ1) is 15.4. The molecule has 1 saturated heterocycles. The van der Waals surface area contributed by atoms with Crippen LogP contribution >= 0.6 is 11.6 Å². The Morgan fingerprint density at radius 3 is 2.91 bits per heavy atom. The summed E-state index contributed by atoms with van der Waals surface area (Å²) in [5.74, 6) is 0.315. The van der Waals surface area contributed by atoms with E-state index in [-0.39, 0.29) is 29.9 Å². The van der Waals surface area contributed by atoms with Crippen LogP contribution in [0.3, 0.4) is 0 Å². The fourth-order valence-electron chi connectivity index (χ4n) is 2.80. The van der Waals surface area contributed by atoms with Gasteiger partial charge in [0.05, 0.1) is 11.5 Å². The highest BCUT2D eigenvalue weighted by Gasteiger charge is 2.27. The Kier molecular flexibility index (Phi) is 4.14. The van der Waals surface area contributed by atoms with Crippen molar-refractivity contribution in [2.24, 2.45) is 5.92 Å². The SMILES string of the molecule is O=C(Cn1ccc2ccc(Cl)cc21)NCC1CCS(=O)(=O)C1. The van der Waals surface area contributed by atoms with Gasteiger partial charge in [0.15, 0.2) is 9.84 Å². The van der Waals surface area contributed by atoms with E-state index in [0.717, 1.165) is 10.9 Å². The molecule has 7 heteroatoms. The van der Waals surface area contributed by atoms with Crippen molar-refractivity contribution in [2.75, 3.05) is 18.1 Å². The number of fused-ring (bicyclic) bond motifs is 1. The van der Waals surface area contributed by atoms with Crippen molar-refractivity contribution in [3.05, 3.63) is 35.5 Å². The molecule has 0 saturated carbocycles. The molecule has 118 valence electrons. The Hall–Kier alpha value is -1.53. The maximum Gasteiger partial charge on any atom is 0.239 e. The Morgan fingerprint density at radius 2 is 2.18 bits per heavy atom. The van der Waals surface area contributed by atoms with Gasteiger partial charge in [-0.2, -0.15) is 0 Å². The molecular formula is C15H17ClN2O3S. The van der Waals surface area contributed by atoms with E-state index in [1.165, 1.54) is 0 Å². The van der Waals surface area contributed by atoms with Crippen LogP contribution in [0.5, 0.6) is 0 Å². The van der Waals surface area contributed by atoms with Crippen molar-refractivity contribution < 1.29 is 13.2 Å². The minimum absolute atomic E-state index is 0.0322. The first-order valence-corrected chi connectivity index (χ1v) is 9.34. The number of hydrogen-bond donors (Lipinski definition) is 1. The van der Waals surface area contributed by atoms with E-state index in [4.69, 9.17) is 11.6 Å². The van der Waals surface area contributed by atoms with Crippen molar-refractivity contribution in [3.8, 4) is 0 Å². The van der Waals surface area contributed by atoms with Crippen LogP contribution in [-0.2, 0) is 21.2 Å². The van der Waals surface area contributed by atoms with Crippen LogP contribution < -0.4 is 5.32 Å². The van der Waals surface area contributed by atoms with Gasteiger partial charge >= 0.3 is 0 Å². The molecule has 5 nitrogen and oxygen atoms in total. The number of rotatable bonds is 4. The summed E-state index contributed by atoms with van der Waals surface area (Å²) in [5.41, 5.74) is 0.908. The third kappa shape index (κ3) is 3.44. The van der Waals surface area contributed by atoms with E-state index in [2.05, 4.69) is 5.32 Å². The van der Waals surface area contributed by atoms with Gasteiger partial charge in [-0.05, 0) is 35.9 Å². The molecule has 1 aromatic carbocycles. The predicted molar refractivity (Wildman–Crippen MR) is 86.7 cm³/mol. The van der Waals surface area contributed by atoms with Crippen LogP contribution in [0.25, 0.3) is 10.9 Å². The van der Waals surface area contributed by atoms with Gasteiger partial charge in [0.1, 0.15) is 6.54 Å². The summed E-state index contributed by atoms with van der Waals surface area (Å²) in [6.45, 7) is 0.612. The maximum atomic E-state index is 12.0. The summed E-state index contributed by atoms with van der Waals surface area (Å²) in [7, 11) is -2.90. The van der Waals surface area contributed by atoms with Crippen molar-refractivity contribution in [1.29, 1.82) is 0 Å². The van der Waals surface area contributed by atoms with Gasteiger partial charge in [-0.3, -0.25) is 4.79 Å². The number of carbonyl (C=O) groups is 1. The van der Waals surface area contributed by atoms with E-state index in [1.54, 1.807) is 0 Å². The second-order valence-corrected chi connectivity index (χ2v) is 8.39. The number of halogens is 1. The van der Waals surface area contributed by atoms with E-state index in [1.807, 2.05) is 35.0 Å². The number of nitrogens with one attached hydrogen (secondary N) is 1. The Bertz CT molecular complexity index is 813. The number of sulfone groups is 1. The monoisotopic (exact) mass is 340 g/mol. The van der Waals surface area contributed by atoms with E-state index >= 15 is 0 Å². The number of aromatic nitrogens is 1. The number of amides is 1. The zero-order valence-electron chi connectivity index (χ0n) is 12.0. The largest absolute Gasteiger partial charge is 0.354 e. The molecular weight excluding hydrogens is 324 g/mol. The molecule has 3 rings (SSSR count). The zero-order valence-corrected chi connectivity index (χ0v) is 13.5. The topological polar surface area (TPSA) is 68.2 Å². The van der Waals surface area contributed by atoms with Gasteiger partial charge in [0.2, 0.25) is 5.91 Å². The lowest BCUT2D eigenvalue weighted by Crippen LogP contribution is -2.32. The Balaban J connectivity index is 1.60. The third-order valence-electron chi connectivity index (χ3n) is 3.96. The second-order valence-electron chi connectivity index (χ2n) is 5.72. The summed E-state index contributed by atoms with van der Waals surface area (Å²) in [5, 5.41) is 4.48. The number of nitrogens with zero attached hydrogens (tertiary/aromatic N) is 1. The zero-order chi connectivity index (χ0) is 15.7. The molecule has 22 heavy (non-hydrogen) atoms. The van der Waals surface area contributed by atoms with E-state index in [0.29, 0.717) is 18.0 Å². The fraction of sp³-hybridized carbons (Fsp3) is 0.400. The van der Waals surface area contributed by atoms with Crippen molar-refractivity contribution >= 4 is 38.2 Å². The molecule has 1 aliphatic rings. The fourth-order valence-corrected chi connectivity index (χ4v) is 4.82. The lowest BCUT2D eigenvalue weighted by Gasteiger charge is -2.11. The summed E-state index contributed by atoms with van der Waals surface area (Å²) in [4.78, 5) is 12.0.